The van der Waals surface area contributed by atoms with Crippen molar-refractivity contribution < 1.29 is 8.42 Å². The predicted molar refractivity (Wildman–Crippen MR) is 72.3 cm³/mol. The smallest absolute Gasteiger partial charge is 0.242 e. The highest BCUT2D eigenvalue weighted by atomic mass is 35.5. The number of piperidine rings is 1. The van der Waals surface area contributed by atoms with E-state index in [0.29, 0.717) is 0 Å². The van der Waals surface area contributed by atoms with Crippen LogP contribution in [0.15, 0.2) is 29.2 Å². The van der Waals surface area contributed by atoms with Crippen LogP contribution in [0.5, 0.6) is 0 Å². The Bertz CT molecular complexity index is 511. The summed E-state index contributed by atoms with van der Waals surface area (Å²) in [6.07, 6.45) is 1.67. The van der Waals surface area contributed by atoms with Gasteiger partial charge in [0, 0.05) is 6.04 Å². The van der Waals surface area contributed by atoms with Gasteiger partial charge in [-0.05, 0) is 45.1 Å². The minimum atomic E-state index is -3.51. The maximum absolute atomic E-state index is 12.2. The summed E-state index contributed by atoms with van der Waals surface area (Å²) < 4.78 is 27.1. The van der Waals surface area contributed by atoms with Crippen LogP contribution < -0.4 is 4.72 Å². The van der Waals surface area contributed by atoms with Gasteiger partial charge in [0.25, 0.3) is 0 Å². The predicted octanol–water partition coefficient (Wildman–Crippen LogP) is 1.71. The van der Waals surface area contributed by atoms with E-state index >= 15 is 0 Å². The molecule has 100 valence electrons. The number of halogens is 1. The third-order valence-corrected chi connectivity index (χ3v) is 5.19. The van der Waals surface area contributed by atoms with Crippen LogP contribution in [0.2, 0.25) is 5.02 Å². The first-order chi connectivity index (χ1) is 8.49. The highest BCUT2D eigenvalue weighted by molar-refractivity contribution is 7.89. The largest absolute Gasteiger partial charge is 0.306 e. The molecule has 0 saturated carbocycles. The lowest BCUT2D eigenvalue weighted by Crippen LogP contribution is -2.43. The molecule has 0 spiro atoms. The molecule has 4 nitrogen and oxygen atoms in total. The Balaban J connectivity index is 2.11. The van der Waals surface area contributed by atoms with Crippen molar-refractivity contribution in [3.8, 4) is 0 Å². The molecular weight excluding hydrogens is 272 g/mol. The van der Waals surface area contributed by atoms with E-state index in [9.17, 15) is 8.42 Å². The maximum Gasteiger partial charge on any atom is 0.242 e. The van der Waals surface area contributed by atoms with Crippen molar-refractivity contribution in [3.05, 3.63) is 29.3 Å². The summed E-state index contributed by atoms with van der Waals surface area (Å²) in [5.41, 5.74) is 0. The summed E-state index contributed by atoms with van der Waals surface area (Å²) in [6, 6.07) is 6.51. The zero-order valence-corrected chi connectivity index (χ0v) is 11.8. The summed E-state index contributed by atoms with van der Waals surface area (Å²) in [7, 11) is -1.47. The van der Waals surface area contributed by atoms with Gasteiger partial charge < -0.3 is 4.90 Å². The van der Waals surface area contributed by atoms with Crippen LogP contribution in [-0.2, 0) is 10.0 Å². The molecule has 0 radical (unpaired) electrons. The van der Waals surface area contributed by atoms with E-state index < -0.39 is 10.0 Å². The van der Waals surface area contributed by atoms with E-state index in [1.54, 1.807) is 18.2 Å². The molecule has 0 aromatic heterocycles. The van der Waals surface area contributed by atoms with Crippen LogP contribution in [0, 0.1) is 0 Å². The Morgan fingerprint density at radius 1 is 1.28 bits per heavy atom. The zero-order valence-electron chi connectivity index (χ0n) is 10.3. The van der Waals surface area contributed by atoms with Crippen LogP contribution in [-0.4, -0.2) is 39.5 Å². The Morgan fingerprint density at radius 2 is 1.89 bits per heavy atom. The second-order valence-corrected chi connectivity index (χ2v) is 6.72. The topological polar surface area (TPSA) is 49.4 Å². The average molecular weight is 289 g/mol. The Kier molecular flexibility index (Phi) is 4.27. The van der Waals surface area contributed by atoms with Crippen LogP contribution in [0.3, 0.4) is 0 Å². The van der Waals surface area contributed by atoms with Gasteiger partial charge >= 0.3 is 0 Å². The molecule has 6 heteroatoms. The third-order valence-electron chi connectivity index (χ3n) is 3.17. The van der Waals surface area contributed by atoms with Crippen LogP contribution >= 0.6 is 11.6 Å². The highest BCUT2D eigenvalue weighted by Crippen LogP contribution is 2.21. The summed E-state index contributed by atoms with van der Waals surface area (Å²) in [6.45, 7) is 1.82. The number of likely N-dealkylation sites (tertiary alicyclic amines) is 1. The van der Waals surface area contributed by atoms with E-state index in [1.807, 2.05) is 7.05 Å². The highest BCUT2D eigenvalue weighted by Gasteiger charge is 2.24. The Labute approximate surface area is 113 Å². The van der Waals surface area contributed by atoms with E-state index in [-0.39, 0.29) is 16.0 Å². The lowest BCUT2D eigenvalue weighted by atomic mass is 10.1. The van der Waals surface area contributed by atoms with Gasteiger partial charge in [-0.15, -0.1) is 0 Å². The normalized spacial score (nSPS) is 19.0. The lowest BCUT2D eigenvalue weighted by molar-refractivity contribution is 0.248. The average Bonchev–Trinajstić information content (AvgIpc) is 2.32. The van der Waals surface area contributed by atoms with Crippen molar-refractivity contribution in [1.29, 1.82) is 0 Å². The second-order valence-electron chi connectivity index (χ2n) is 4.63. The summed E-state index contributed by atoms with van der Waals surface area (Å²) >= 11 is 5.92. The van der Waals surface area contributed by atoms with Crippen molar-refractivity contribution in [3.63, 3.8) is 0 Å². The molecule has 1 N–H and O–H groups in total. The maximum atomic E-state index is 12.2. The molecule has 1 heterocycles. The van der Waals surface area contributed by atoms with E-state index in [2.05, 4.69) is 9.62 Å². The van der Waals surface area contributed by atoms with E-state index in [0.717, 1.165) is 25.9 Å². The quantitative estimate of drug-likeness (QED) is 0.921. The fourth-order valence-corrected chi connectivity index (χ4v) is 3.90. The molecule has 1 aromatic rings. The molecule has 1 aliphatic rings. The Morgan fingerprint density at radius 3 is 2.50 bits per heavy atom. The van der Waals surface area contributed by atoms with E-state index in [4.69, 9.17) is 11.6 Å². The van der Waals surface area contributed by atoms with Crippen LogP contribution in [0.25, 0.3) is 0 Å². The first-order valence-corrected chi connectivity index (χ1v) is 7.80. The molecule has 0 atom stereocenters. The minimum Gasteiger partial charge on any atom is -0.306 e. The van der Waals surface area contributed by atoms with Gasteiger partial charge in [0.1, 0.15) is 4.90 Å². The number of benzene rings is 1. The molecule has 1 saturated heterocycles. The minimum absolute atomic E-state index is 0.00229. The number of hydrogen-bond donors (Lipinski definition) is 1. The second kappa shape index (κ2) is 5.57. The lowest BCUT2D eigenvalue weighted by Gasteiger charge is -2.29. The molecule has 0 bridgehead atoms. The van der Waals surface area contributed by atoms with Crippen LogP contribution in [0.1, 0.15) is 12.8 Å². The van der Waals surface area contributed by atoms with Gasteiger partial charge in [-0.1, -0.05) is 23.7 Å². The number of rotatable bonds is 3. The fraction of sp³-hybridized carbons (Fsp3) is 0.500. The van der Waals surface area contributed by atoms with Gasteiger partial charge in [0.2, 0.25) is 10.0 Å². The molecule has 1 fully saturated rings. The van der Waals surface area contributed by atoms with Gasteiger partial charge in [-0.25, -0.2) is 13.1 Å². The van der Waals surface area contributed by atoms with Gasteiger partial charge in [-0.2, -0.15) is 0 Å². The van der Waals surface area contributed by atoms with Crippen molar-refractivity contribution in [1.82, 2.24) is 9.62 Å². The van der Waals surface area contributed by atoms with Crippen molar-refractivity contribution in [2.45, 2.75) is 23.8 Å². The molecular formula is C12H17ClN2O2S. The number of hydrogen-bond acceptors (Lipinski definition) is 3. The summed E-state index contributed by atoms with van der Waals surface area (Å²) in [5.74, 6) is 0. The van der Waals surface area contributed by atoms with Gasteiger partial charge in [-0.3, -0.25) is 0 Å². The third kappa shape index (κ3) is 3.23. The van der Waals surface area contributed by atoms with Crippen LogP contribution in [0.4, 0.5) is 0 Å². The van der Waals surface area contributed by atoms with Gasteiger partial charge in [0.05, 0.1) is 5.02 Å². The summed E-state index contributed by atoms with van der Waals surface area (Å²) in [5, 5.41) is 0.262. The fourth-order valence-electron chi connectivity index (χ4n) is 2.07. The van der Waals surface area contributed by atoms with E-state index in [1.165, 1.54) is 6.07 Å². The molecule has 0 aliphatic carbocycles. The molecule has 0 amide bonds. The SMILES string of the molecule is CN1CCC(NS(=O)(=O)c2ccccc2Cl)CC1. The molecule has 0 unspecified atom stereocenters. The van der Waals surface area contributed by atoms with Gasteiger partial charge in [0.15, 0.2) is 0 Å². The van der Waals surface area contributed by atoms with Crippen molar-refractivity contribution in [2.75, 3.05) is 20.1 Å². The number of nitrogens with one attached hydrogen (secondary N) is 1. The number of sulfonamides is 1. The van der Waals surface area contributed by atoms with Crippen molar-refractivity contribution >= 4 is 21.6 Å². The monoisotopic (exact) mass is 288 g/mol. The first kappa shape index (κ1) is 13.8. The summed E-state index contributed by atoms with van der Waals surface area (Å²) in [4.78, 5) is 2.35. The first-order valence-electron chi connectivity index (χ1n) is 5.94. The molecule has 2 rings (SSSR count). The number of nitrogens with zero attached hydrogens (tertiary/aromatic N) is 1. The van der Waals surface area contributed by atoms with Crippen molar-refractivity contribution in [2.24, 2.45) is 0 Å². The Hall–Kier alpha value is -0.620. The molecule has 18 heavy (non-hydrogen) atoms. The molecule has 1 aliphatic heterocycles. The molecule has 1 aromatic carbocycles. The standard InChI is InChI=1S/C12H17ClN2O2S/c1-15-8-6-10(7-9-15)14-18(16,17)12-5-3-2-4-11(12)13/h2-5,10,14H,6-9H2,1H3. The zero-order chi connectivity index (χ0) is 13.2.